The van der Waals surface area contributed by atoms with Gasteiger partial charge in [0.2, 0.25) is 0 Å². The number of carbonyl (C=O) groups is 1. The highest BCUT2D eigenvalue weighted by molar-refractivity contribution is 7.20. The van der Waals surface area contributed by atoms with Gasteiger partial charge >= 0.3 is 0 Å². The molecule has 0 N–H and O–H groups in total. The molecule has 94 valence electrons. The lowest BCUT2D eigenvalue weighted by Crippen LogP contribution is -2.40. The monoisotopic (exact) mass is 265 g/mol. The van der Waals surface area contributed by atoms with Crippen LogP contribution in [0.5, 0.6) is 0 Å². The maximum atomic E-state index is 13.1. The molecule has 1 fully saturated rings. The molecule has 18 heavy (non-hydrogen) atoms. The average molecular weight is 265 g/mol. The van der Waals surface area contributed by atoms with E-state index in [2.05, 4.69) is 0 Å². The first-order chi connectivity index (χ1) is 8.74. The fourth-order valence-electron chi connectivity index (χ4n) is 2.03. The minimum atomic E-state index is -0.269. The summed E-state index contributed by atoms with van der Waals surface area (Å²) in [6.45, 7) is 2.43. The lowest BCUT2D eigenvalue weighted by molar-refractivity contribution is 0.0306. The molecule has 1 amide bonds. The van der Waals surface area contributed by atoms with Gasteiger partial charge in [0.15, 0.2) is 0 Å². The van der Waals surface area contributed by atoms with Gasteiger partial charge in [0.1, 0.15) is 5.82 Å². The van der Waals surface area contributed by atoms with E-state index in [0.29, 0.717) is 31.2 Å². The number of rotatable bonds is 1. The Balaban J connectivity index is 1.91. The molecule has 0 aliphatic carbocycles. The van der Waals surface area contributed by atoms with E-state index < -0.39 is 0 Å². The van der Waals surface area contributed by atoms with E-state index in [4.69, 9.17) is 4.74 Å². The van der Waals surface area contributed by atoms with Gasteiger partial charge in [-0.2, -0.15) is 0 Å². The Morgan fingerprint density at radius 1 is 1.28 bits per heavy atom. The van der Waals surface area contributed by atoms with Crippen LogP contribution in [0.25, 0.3) is 10.1 Å². The second-order valence-electron chi connectivity index (χ2n) is 4.20. The number of hydrogen-bond donors (Lipinski definition) is 0. The van der Waals surface area contributed by atoms with E-state index in [1.165, 1.54) is 23.5 Å². The van der Waals surface area contributed by atoms with Gasteiger partial charge < -0.3 is 9.64 Å². The van der Waals surface area contributed by atoms with Crippen LogP contribution in [-0.2, 0) is 4.74 Å². The number of halogens is 1. The Morgan fingerprint density at radius 2 is 2.06 bits per heavy atom. The third kappa shape index (κ3) is 2.11. The molecule has 0 bridgehead atoms. The first-order valence-electron chi connectivity index (χ1n) is 5.80. The van der Waals surface area contributed by atoms with E-state index in [0.717, 1.165) is 10.1 Å². The van der Waals surface area contributed by atoms with Crippen LogP contribution in [-0.4, -0.2) is 37.1 Å². The van der Waals surface area contributed by atoms with Gasteiger partial charge in [-0.05, 0) is 23.6 Å². The lowest BCUT2D eigenvalue weighted by Gasteiger charge is -2.26. The SMILES string of the molecule is O=C(c1cc2ccc(F)cc2s1)N1CCOCC1. The lowest BCUT2D eigenvalue weighted by atomic mass is 10.2. The summed E-state index contributed by atoms with van der Waals surface area (Å²) < 4.78 is 19.1. The molecule has 0 spiro atoms. The van der Waals surface area contributed by atoms with Crippen LogP contribution in [0.15, 0.2) is 24.3 Å². The maximum absolute atomic E-state index is 13.1. The summed E-state index contributed by atoms with van der Waals surface area (Å²) in [7, 11) is 0. The number of hydrogen-bond acceptors (Lipinski definition) is 3. The zero-order valence-electron chi connectivity index (χ0n) is 9.69. The molecule has 0 saturated carbocycles. The molecular formula is C13H12FNO2S. The summed E-state index contributed by atoms with van der Waals surface area (Å²) >= 11 is 1.34. The molecule has 0 atom stereocenters. The molecule has 5 heteroatoms. The summed E-state index contributed by atoms with van der Waals surface area (Å²) in [4.78, 5) is 14.7. The molecule has 1 saturated heterocycles. The van der Waals surface area contributed by atoms with Gasteiger partial charge in [0, 0.05) is 17.8 Å². The Kier molecular flexibility index (Phi) is 3.01. The number of ether oxygens (including phenoxy) is 1. The minimum Gasteiger partial charge on any atom is -0.378 e. The fraction of sp³-hybridized carbons (Fsp3) is 0.308. The predicted molar refractivity (Wildman–Crippen MR) is 68.5 cm³/mol. The number of carbonyl (C=O) groups excluding carboxylic acids is 1. The normalized spacial score (nSPS) is 16.2. The highest BCUT2D eigenvalue weighted by atomic mass is 32.1. The third-order valence-corrected chi connectivity index (χ3v) is 4.08. The van der Waals surface area contributed by atoms with Gasteiger partial charge in [0.25, 0.3) is 5.91 Å². The van der Waals surface area contributed by atoms with E-state index in [1.54, 1.807) is 11.0 Å². The molecule has 3 rings (SSSR count). The number of nitrogens with zero attached hydrogens (tertiary/aromatic N) is 1. The van der Waals surface area contributed by atoms with Gasteiger partial charge in [-0.1, -0.05) is 6.07 Å². The maximum Gasteiger partial charge on any atom is 0.264 e. The summed E-state index contributed by atoms with van der Waals surface area (Å²) in [5, 5.41) is 0.915. The Bertz CT molecular complexity index is 590. The number of amides is 1. The van der Waals surface area contributed by atoms with Gasteiger partial charge in [-0.15, -0.1) is 11.3 Å². The van der Waals surface area contributed by atoms with Crippen LogP contribution < -0.4 is 0 Å². The smallest absolute Gasteiger partial charge is 0.264 e. The van der Waals surface area contributed by atoms with Crippen molar-refractivity contribution in [2.24, 2.45) is 0 Å². The highest BCUT2D eigenvalue weighted by Crippen LogP contribution is 2.27. The molecule has 2 aromatic rings. The first-order valence-corrected chi connectivity index (χ1v) is 6.62. The van der Waals surface area contributed by atoms with E-state index in [1.807, 2.05) is 6.07 Å². The molecule has 2 heterocycles. The molecule has 0 unspecified atom stereocenters. The van der Waals surface area contributed by atoms with Gasteiger partial charge in [-0.3, -0.25) is 4.79 Å². The van der Waals surface area contributed by atoms with Crippen molar-refractivity contribution in [1.29, 1.82) is 0 Å². The van der Waals surface area contributed by atoms with Crippen molar-refractivity contribution in [2.75, 3.05) is 26.3 Å². The molecular weight excluding hydrogens is 253 g/mol. The summed E-state index contributed by atoms with van der Waals surface area (Å²) in [5.41, 5.74) is 0. The van der Waals surface area contributed by atoms with Gasteiger partial charge in [0.05, 0.1) is 18.1 Å². The van der Waals surface area contributed by atoms with E-state index in [-0.39, 0.29) is 11.7 Å². The number of benzene rings is 1. The molecule has 1 aliphatic heterocycles. The summed E-state index contributed by atoms with van der Waals surface area (Å²) in [6.07, 6.45) is 0. The van der Waals surface area contributed by atoms with Crippen molar-refractivity contribution in [1.82, 2.24) is 4.90 Å². The van der Waals surface area contributed by atoms with Crippen LogP contribution in [0, 0.1) is 5.82 Å². The van der Waals surface area contributed by atoms with Crippen molar-refractivity contribution in [3.63, 3.8) is 0 Å². The van der Waals surface area contributed by atoms with Crippen molar-refractivity contribution >= 4 is 27.3 Å². The summed E-state index contributed by atoms with van der Waals surface area (Å²) in [6, 6.07) is 6.42. The molecule has 0 radical (unpaired) electrons. The average Bonchev–Trinajstić information content (AvgIpc) is 2.81. The topological polar surface area (TPSA) is 29.5 Å². The van der Waals surface area contributed by atoms with Crippen molar-refractivity contribution < 1.29 is 13.9 Å². The van der Waals surface area contributed by atoms with Crippen LogP contribution in [0.1, 0.15) is 9.67 Å². The molecule has 1 aromatic carbocycles. The second-order valence-corrected chi connectivity index (χ2v) is 5.28. The zero-order chi connectivity index (χ0) is 12.5. The van der Waals surface area contributed by atoms with E-state index >= 15 is 0 Å². The number of thiophene rings is 1. The van der Waals surface area contributed by atoms with Crippen molar-refractivity contribution in [3.8, 4) is 0 Å². The fourth-order valence-corrected chi connectivity index (χ4v) is 3.09. The molecule has 3 nitrogen and oxygen atoms in total. The highest BCUT2D eigenvalue weighted by Gasteiger charge is 2.20. The van der Waals surface area contributed by atoms with Crippen molar-refractivity contribution in [2.45, 2.75) is 0 Å². The Morgan fingerprint density at radius 3 is 2.83 bits per heavy atom. The van der Waals surface area contributed by atoms with E-state index in [9.17, 15) is 9.18 Å². The molecule has 1 aromatic heterocycles. The number of fused-ring (bicyclic) bond motifs is 1. The van der Waals surface area contributed by atoms with Crippen LogP contribution >= 0.6 is 11.3 Å². The third-order valence-electron chi connectivity index (χ3n) is 2.99. The van der Waals surface area contributed by atoms with Crippen molar-refractivity contribution in [3.05, 3.63) is 35.0 Å². The van der Waals surface area contributed by atoms with Crippen LogP contribution in [0.3, 0.4) is 0 Å². The standard InChI is InChI=1S/C13H12FNO2S/c14-10-2-1-9-7-12(18-11(9)8-10)13(16)15-3-5-17-6-4-15/h1-2,7-8H,3-6H2. The van der Waals surface area contributed by atoms with Gasteiger partial charge in [-0.25, -0.2) is 4.39 Å². The Hall–Kier alpha value is -1.46. The second kappa shape index (κ2) is 4.66. The quantitative estimate of drug-likeness (QED) is 0.793. The minimum absolute atomic E-state index is 0.0138. The van der Waals surface area contributed by atoms with Crippen LogP contribution in [0.4, 0.5) is 4.39 Å². The summed E-state index contributed by atoms with van der Waals surface area (Å²) in [5.74, 6) is -0.255. The Labute approximate surface area is 108 Å². The first kappa shape index (κ1) is 11.6. The molecule has 1 aliphatic rings. The zero-order valence-corrected chi connectivity index (χ0v) is 10.5. The number of morpholine rings is 1. The largest absolute Gasteiger partial charge is 0.378 e. The predicted octanol–water partition coefficient (Wildman–Crippen LogP) is 2.51. The van der Waals surface area contributed by atoms with Crippen LogP contribution in [0.2, 0.25) is 0 Å².